The zero-order chi connectivity index (χ0) is 21.9. The van der Waals surface area contributed by atoms with E-state index < -0.39 is 10.2 Å². The maximum Gasteiger partial charge on any atom is 0.304 e. The van der Waals surface area contributed by atoms with Gasteiger partial charge < -0.3 is 10.3 Å². The maximum absolute atomic E-state index is 12.8. The van der Waals surface area contributed by atoms with Crippen LogP contribution in [0.2, 0.25) is 0 Å². The van der Waals surface area contributed by atoms with E-state index in [1.807, 2.05) is 38.2 Å². The van der Waals surface area contributed by atoms with Crippen LogP contribution in [0.3, 0.4) is 0 Å². The number of amides is 1. The Hall–Kier alpha value is -2.84. The predicted octanol–water partition coefficient (Wildman–Crippen LogP) is 2.76. The zero-order valence-electron chi connectivity index (χ0n) is 17.8. The fourth-order valence-corrected chi connectivity index (χ4v) is 4.30. The Morgan fingerprint density at radius 1 is 1.03 bits per heavy atom. The highest BCUT2D eigenvalue weighted by Gasteiger charge is 2.27. The number of rotatable bonds is 8. The number of hydrogen-bond donors (Lipinski definition) is 2. The summed E-state index contributed by atoms with van der Waals surface area (Å²) in [5.41, 5.74) is 4.82. The number of aromatic nitrogens is 1. The lowest BCUT2D eigenvalue weighted by Crippen LogP contribution is -2.46. The molecule has 2 N–H and O–H groups in total. The van der Waals surface area contributed by atoms with Crippen LogP contribution in [-0.4, -0.2) is 50.8 Å². The van der Waals surface area contributed by atoms with Crippen molar-refractivity contribution < 1.29 is 13.2 Å². The third-order valence-corrected chi connectivity index (χ3v) is 6.81. The number of benzene rings is 2. The van der Waals surface area contributed by atoms with Crippen molar-refractivity contribution in [3.8, 4) is 0 Å². The molecule has 1 amide bonds. The summed E-state index contributed by atoms with van der Waals surface area (Å²) in [6.45, 7) is 4.11. The monoisotopic (exact) mass is 428 g/mol. The summed E-state index contributed by atoms with van der Waals surface area (Å²) in [5, 5.41) is 3.98. The molecule has 0 unspecified atom stereocenters. The number of aryl methyl sites for hydroxylation is 2. The van der Waals surface area contributed by atoms with Gasteiger partial charge in [-0.2, -0.15) is 12.7 Å². The molecule has 0 fully saturated rings. The summed E-state index contributed by atoms with van der Waals surface area (Å²) in [4.78, 5) is 15.8. The summed E-state index contributed by atoms with van der Waals surface area (Å²) >= 11 is 0. The molecule has 0 bridgehead atoms. The van der Waals surface area contributed by atoms with Gasteiger partial charge in [0, 0.05) is 37.7 Å². The molecule has 0 aliphatic carbocycles. The largest absolute Gasteiger partial charge is 0.361 e. The minimum absolute atomic E-state index is 0.281. The zero-order valence-corrected chi connectivity index (χ0v) is 18.6. The molecule has 0 aliphatic heterocycles. The van der Waals surface area contributed by atoms with Gasteiger partial charge >= 0.3 is 10.2 Å². The molecule has 0 aliphatic rings. The second-order valence-electron chi connectivity index (χ2n) is 7.60. The minimum atomic E-state index is -3.80. The van der Waals surface area contributed by atoms with Gasteiger partial charge in [0.1, 0.15) is 6.54 Å². The smallest absolute Gasteiger partial charge is 0.304 e. The van der Waals surface area contributed by atoms with Crippen molar-refractivity contribution in [2.24, 2.45) is 0 Å². The second-order valence-corrected chi connectivity index (χ2v) is 9.66. The SMILES string of the molecule is Cc1ccc(N(CC(=O)NCCc2c[nH]c3ccc(C)cc23)S(=O)(=O)N(C)C)cc1. The van der Waals surface area contributed by atoms with E-state index in [0.717, 1.165) is 30.6 Å². The van der Waals surface area contributed by atoms with Gasteiger partial charge in [-0.05, 0) is 50.1 Å². The number of fused-ring (bicyclic) bond motifs is 1. The minimum Gasteiger partial charge on any atom is -0.361 e. The fraction of sp³-hybridized carbons (Fsp3) is 0.318. The van der Waals surface area contributed by atoms with E-state index >= 15 is 0 Å². The first-order valence-corrected chi connectivity index (χ1v) is 11.2. The summed E-state index contributed by atoms with van der Waals surface area (Å²) < 4.78 is 27.7. The van der Waals surface area contributed by atoms with Crippen molar-refractivity contribution in [1.29, 1.82) is 0 Å². The summed E-state index contributed by atoms with van der Waals surface area (Å²) in [7, 11) is -0.897. The quantitative estimate of drug-likeness (QED) is 0.579. The number of carbonyl (C=O) groups is 1. The van der Waals surface area contributed by atoms with Gasteiger partial charge in [-0.3, -0.25) is 4.79 Å². The lowest BCUT2D eigenvalue weighted by molar-refractivity contribution is -0.119. The highest BCUT2D eigenvalue weighted by Crippen LogP contribution is 2.21. The van der Waals surface area contributed by atoms with Crippen LogP contribution >= 0.6 is 0 Å². The Bertz CT molecular complexity index is 1130. The fourth-order valence-electron chi connectivity index (χ4n) is 3.24. The molecule has 7 nitrogen and oxygen atoms in total. The highest BCUT2D eigenvalue weighted by atomic mass is 32.2. The molecule has 3 aromatic rings. The van der Waals surface area contributed by atoms with Crippen LogP contribution < -0.4 is 9.62 Å². The normalized spacial score (nSPS) is 11.8. The molecule has 3 rings (SSSR count). The summed E-state index contributed by atoms with van der Waals surface area (Å²) in [5.74, 6) is -0.350. The number of carbonyl (C=O) groups excluding carboxylic acids is 1. The first kappa shape index (κ1) is 21.9. The van der Waals surface area contributed by atoms with Crippen molar-refractivity contribution in [3.05, 3.63) is 65.4 Å². The van der Waals surface area contributed by atoms with E-state index in [2.05, 4.69) is 22.4 Å². The molecule has 0 saturated carbocycles. The van der Waals surface area contributed by atoms with Gasteiger partial charge in [-0.1, -0.05) is 29.3 Å². The number of aromatic amines is 1. The molecule has 1 heterocycles. The Balaban J connectivity index is 1.68. The van der Waals surface area contributed by atoms with Gasteiger partial charge in [0.25, 0.3) is 0 Å². The molecule has 2 aromatic carbocycles. The summed E-state index contributed by atoms with van der Waals surface area (Å²) in [6, 6.07) is 13.3. The lowest BCUT2D eigenvalue weighted by Gasteiger charge is -2.27. The predicted molar refractivity (Wildman–Crippen MR) is 121 cm³/mol. The maximum atomic E-state index is 12.8. The Morgan fingerprint density at radius 2 is 1.70 bits per heavy atom. The first-order valence-electron chi connectivity index (χ1n) is 9.78. The van der Waals surface area contributed by atoms with Gasteiger partial charge in [0.2, 0.25) is 5.91 Å². The van der Waals surface area contributed by atoms with E-state index in [4.69, 9.17) is 0 Å². The van der Waals surface area contributed by atoms with Crippen LogP contribution in [-0.2, 0) is 21.4 Å². The second kappa shape index (κ2) is 8.89. The van der Waals surface area contributed by atoms with E-state index in [-0.39, 0.29) is 12.5 Å². The molecule has 1 aromatic heterocycles. The van der Waals surface area contributed by atoms with Crippen molar-refractivity contribution in [2.75, 3.05) is 31.5 Å². The van der Waals surface area contributed by atoms with Crippen LogP contribution in [0.15, 0.2) is 48.7 Å². The molecule has 30 heavy (non-hydrogen) atoms. The Morgan fingerprint density at radius 3 is 2.37 bits per heavy atom. The van der Waals surface area contributed by atoms with Crippen molar-refractivity contribution in [3.63, 3.8) is 0 Å². The Kier molecular flexibility index (Phi) is 6.48. The number of nitrogens with one attached hydrogen (secondary N) is 2. The molecule has 0 radical (unpaired) electrons. The van der Waals surface area contributed by atoms with Crippen LogP contribution in [0, 0.1) is 13.8 Å². The molecule has 0 saturated heterocycles. The van der Waals surface area contributed by atoms with E-state index in [1.165, 1.54) is 19.7 Å². The van der Waals surface area contributed by atoms with Crippen LogP contribution in [0.25, 0.3) is 10.9 Å². The lowest BCUT2D eigenvalue weighted by atomic mass is 10.1. The third kappa shape index (κ3) is 4.83. The first-order chi connectivity index (χ1) is 14.2. The van der Waals surface area contributed by atoms with Crippen molar-refractivity contribution >= 4 is 32.7 Å². The van der Waals surface area contributed by atoms with Crippen LogP contribution in [0.5, 0.6) is 0 Å². The standard InChI is InChI=1S/C22H28N4O3S/c1-16-5-8-19(9-6-16)26(30(28,29)25(3)4)15-22(27)23-12-11-18-14-24-21-10-7-17(2)13-20(18)21/h5-10,13-14,24H,11-12,15H2,1-4H3,(H,23,27). The van der Waals surface area contributed by atoms with Gasteiger partial charge in [0.05, 0.1) is 5.69 Å². The van der Waals surface area contributed by atoms with Gasteiger partial charge in [-0.25, -0.2) is 4.31 Å². The van der Waals surface area contributed by atoms with Crippen LogP contribution in [0.1, 0.15) is 16.7 Å². The van der Waals surface area contributed by atoms with Crippen molar-refractivity contribution in [1.82, 2.24) is 14.6 Å². The number of anilines is 1. The number of hydrogen-bond acceptors (Lipinski definition) is 3. The topological polar surface area (TPSA) is 85.5 Å². The molecule has 0 atom stereocenters. The van der Waals surface area contributed by atoms with E-state index in [0.29, 0.717) is 18.7 Å². The van der Waals surface area contributed by atoms with Crippen molar-refractivity contribution in [2.45, 2.75) is 20.3 Å². The van der Waals surface area contributed by atoms with Crippen LogP contribution in [0.4, 0.5) is 5.69 Å². The molecule has 0 spiro atoms. The average Bonchev–Trinajstić information content (AvgIpc) is 3.09. The van der Waals surface area contributed by atoms with E-state index in [9.17, 15) is 13.2 Å². The molecular formula is C22H28N4O3S. The molecular weight excluding hydrogens is 400 g/mol. The third-order valence-electron chi connectivity index (χ3n) is 4.99. The van der Waals surface area contributed by atoms with E-state index in [1.54, 1.807) is 12.1 Å². The average molecular weight is 429 g/mol. The molecule has 8 heteroatoms. The Labute approximate surface area is 177 Å². The number of H-pyrrole nitrogens is 1. The van der Waals surface area contributed by atoms with Gasteiger partial charge in [-0.15, -0.1) is 0 Å². The highest BCUT2D eigenvalue weighted by molar-refractivity contribution is 7.90. The van der Waals surface area contributed by atoms with Gasteiger partial charge in [0.15, 0.2) is 0 Å². The number of nitrogens with zero attached hydrogens (tertiary/aromatic N) is 2. The molecule has 160 valence electrons. The summed E-state index contributed by atoms with van der Waals surface area (Å²) in [6.07, 6.45) is 2.60.